The van der Waals surface area contributed by atoms with Crippen LogP contribution in [0, 0.1) is 0 Å². The van der Waals surface area contributed by atoms with Gasteiger partial charge in [0.2, 0.25) is 0 Å². The van der Waals surface area contributed by atoms with Gasteiger partial charge in [-0.2, -0.15) is 0 Å². The topological polar surface area (TPSA) is 23.6 Å². The molecule has 0 fully saturated rings. The molecule has 1 aliphatic heterocycles. The molecule has 1 aliphatic rings. The van der Waals surface area contributed by atoms with Crippen LogP contribution in [0.4, 0.5) is 0 Å². The average molecular weight is 329 g/mol. The Labute approximate surface area is 142 Å². The second-order valence-corrected chi connectivity index (χ2v) is 6.67. The molecule has 0 aromatic heterocycles. The number of carbonyl (C=O) groups excluding carboxylic acids is 1. The molecule has 3 rings (SSSR count). The molecule has 3 nitrogen and oxygen atoms in total. The smallest absolute Gasteiger partial charge is 0.253 e. The van der Waals surface area contributed by atoms with Gasteiger partial charge in [-0.25, -0.2) is 0 Å². The summed E-state index contributed by atoms with van der Waals surface area (Å²) < 4.78 is 0. The summed E-state index contributed by atoms with van der Waals surface area (Å²) in [7, 11) is 3.98. The second-order valence-electron chi connectivity index (χ2n) is 6.24. The van der Waals surface area contributed by atoms with E-state index in [4.69, 9.17) is 11.6 Å². The molecular formula is C19H21ClN2O. The summed E-state index contributed by atoms with van der Waals surface area (Å²) in [5.41, 5.74) is 3.41. The Bertz CT molecular complexity index is 716. The van der Waals surface area contributed by atoms with Crippen molar-refractivity contribution in [2.45, 2.75) is 19.0 Å². The standard InChI is InChI=1S/C19H21ClN2O/c1-21-12-16-7-4-3-6-14(16)11-18(21)13-22(2)19(23)15-8-5-9-17(20)10-15/h3-10,18H,11-13H2,1-2H3/t18-/m0/s1. The van der Waals surface area contributed by atoms with Crippen molar-refractivity contribution in [3.8, 4) is 0 Å². The maximum atomic E-state index is 12.6. The van der Waals surface area contributed by atoms with Gasteiger partial charge in [-0.15, -0.1) is 0 Å². The minimum atomic E-state index is 0.0137. The minimum absolute atomic E-state index is 0.0137. The number of amides is 1. The van der Waals surface area contributed by atoms with E-state index in [1.54, 1.807) is 17.0 Å². The highest BCUT2D eigenvalue weighted by Crippen LogP contribution is 2.22. The van der Waals surface area contributed by atoms with Crippen molar-refractivity contribution >= 4 is 17.5 Å². The zero-order valence-corrected chi connectivity index (χ0v) is 14.3. The van der Waals surface area contributed by atoms with Gasteiger partial charge in [-0.05, 0) is 42.8 Å². The molecule has 2 aromatic carbocycles. The molecule has 0 bridgehead atoms. The fourth-order valence-electron chi connectivity index (χ4n) is 3.16. The van der Waals surface area contributed by atoms with Gasteiger partial charge in [0.1, 0.15) is 0 Å². The van der Waals surface area contributed by atoms with Gasteiger partial charge in [-0.1, -0.05) is 41.9 Å². The number of carbonyl (C=O) groups is 1. The maximum Gasteiger partial charge on any atom is 0.253 e. The van der Waals surface area contributed by atoms with Crippen LogP contribution in [-0.4, -0.2) is 42.4 Å². The predicted octanol–water partition coefficient (Wildman–Crippen LogP) is 3.47. The van der Waals surface area contributed by atoms with Crippen molar-refractivity contribution in [2.24, 2.45) is 0 Å². The molecule has 1 heterocycles. The first-order valence-corrected chi connectivity index (χ1v) is 8.20. The number of hydrogen-bond donors (Lipinski definition) is 0. The normalized spacial score (nSPS) is 17.6. The summed E-state index contributed by atoms with van der Waals surface area (Å²) in [6.45, 7) is 1.64. The largest absolute Gasteiger partial charge is 0.340 e. The molecule has 0 spiro atoms. The summed E-state index contributed by atoms with van der Waals surface area (Å²) in [4.78, 5) is 16.7. The molecule has 0 unspecified atom stereocenters. The Kier molecular flexibility index (Phi) is 4.69. The van der Waals surface area contributed by atoms with Gasteiger partial charge in [0, 0.05) is 36.8 Å². The summed E-state index contributed by atoms with van der Waals surface area (Å²) in [5.74, 6) is 0.0137. The average Bonchev–Trinajstić information content (AvgIpc) is 2.54. The quantitative estimate of drug-likeness (QED) is 0.861. The molecule has 0 aliphatic carbocycles. The van der Waals surface area contributed by atoms with E-state index in [1.165, 1.54) is 11.1 Å². The summed E-state index contributed by atoms with van der Waals surface area (Å²) in [5, 5.41) is 0.591. The van der Waals surface area contributed by atoms with Crippen molar-refractivity contribution in [3.05, 3.63) is 70.2 Å². The molecule has 1 atom stereocenters. The Balaban J connectivity index is 1.70. The van der Waals surface area contributed by atoms with E-state index >= 15 is 0 Å². The van der Waals surface area contributed by atoms with Crippen LogP contribution >= 0.6 is 11.6 Å². The first-order chi connectivity index (χ1) is 11.0. The lowest BCUT2D eigenvalue weighted by Crippen LogP contribution is -2.46. The number of benzene rings is 2. The van der Waals surface area contributed by atoms with Crippen LogP contribution in [0.15, 0.2) is 48.5 Å². The van der Waals surface area contributed by atoms with E-state index in [-0.39, 0.29) is 5.91 Å². The molecular weight excluding hydrogens is 308 g/mol. The van der Waals surface area contributed by atoms with Crippen LogP contribution < -0.4 is 0 Å². The van der Waals surface area contributed by atoms with E-state index in [0.29, 0.717) is 23.2 Å². The summed E-state index contributed by atoms with van der Waals surface area (Å²) in [6.07, 6.45) is 0.972. The number of likely N-dealkylation sites (N-methyl/N-ethyl adjacent to an activating group) is 2. The van der Waals surface area contributed by atoms with Crippen LogP contribution in [0.2, 0.25) is 5.02 Å². The summed E-state index contributed by atoms with van der Waals surface area (Å²) in [6, 6.07) is 16.0. The lowest BCUT2D eigenvalue weighted by atomic mass is 9.94. The van der Waals surface area contributed by atoms with Crippen LogP contribution in [0.1, 0.15) is 21.5 Å². The van der Waals surface area contributed by atoms with E-state index in [9.17, 15) is 4.79 Å². The van der Waals surface area contributed by atoms with Gasteiger partial charge in [0.05, 0.1) is 0 Å². The molecule has 120 valence electrons. The first-order valence-electron chi connectivity index (χ1n) is 7.82. The Hall–Kier alpha value is -1.84. The van der Waals surface area contributed by atoms with Gasteiger partial charge < -0.3 is 4.90 Å². The third-order valence-corrected chi connectivity index (χ3v) is 4.75. The molecule has 0 saturated carbocycles. The lowest BCUT2D eigenvalue weighted by Gasteiger charge is -2.36. The summed E-state index contributed by atoms with van der Waals surface area (Å²) >= 11 is 5.99. The van der Waals surface area contributed by atoms with Crippen molar-refractivity contribution < 1.29 is 4.79 Å². The molecule has 0 saturated heterocycles. The van der Waals surface area contributed by atoms with Crippen molar-refractivity contribution in [2.75, 3.05) is 20.6 Å². The van der Waals surface area contributed by atoms with Crippen molar-refractivity contribution in [1.29, 1.82) is 0 Å². The molecule has 0 radical (unpaired) electrons. The van der Waals surface area contributed by atoms with Crippen LogP contribution in [0.3, 0.4) is 0 Å². The second kappa shape index (κ2) is 6.73. The van der Waals surface area contributed by atoms with Crippen LogP contribution in [-0.2, 0) is 13.0 Å². The molecule has 2 aromatic rings. The molecule has 0 N–H and O–H groups in total. The van der Waals surface area contributed by atoms with Gasteiger partial charge >= 0.3 is 0 Å². The van der Waals surface area contributed by atoms with Gasteiger partial charge in [-0.3, -0.25) is 9.69 Å². The Morgan fingerprint density at radius 2 is 1.96 bits per heavy atom. The van der Waals surface area contributed by atoms with E-state index in [1.807, 2.05) is 19.2 Å². The highest BCUT2D eigenvalue weighted by molar-refractivity contribution is 6.30. The van der Waals surface area contributed by atoms with Crippen molar-refractivity contribution in [1.82, 2.24) is 9.80 Å². The first kappa shape index (κ1) is 16.0. The fraction of sp³-hybridized carbons (Fsp3) is 0.316. The van der Waals surface area contributed by atoms with Gasteiger partial charge in [0.15, 0.2) is 0 Å². The number of rotatable bonds is 3. The third kappa shape index (κ3) is 3.57. The van der Waals surface area contributed by atoms with Gasteiger partial charge in [0.25, 0.3) is 5.91 Å². The Morgan fingerprint density at radius 1 is 1.22 bits per heavy atom. The predicted molar refractivity (Wildman–Crippen MR) is 93.8 cm³/mol. The third-order valence-electron chi connectivity index (χ3n) is 4.52. The van der Waals surface area contributed by atoms with Crippen LogP contribution in [0.5, 0.6) is 0 Å². The molecule has 1 amide bonds. The SMILES string of the molecule is CN(C[C@@H]1Cc2ccccc2CN1C)C(=O)c1cccc(Cl)c1. The highest BCUT2D eigenvalue weighted by atomic mass is 35.5. The zero-order valence-electron chi connectivity index (χ0n) is 13.5. The highest BCUT2D eigenvalue weighted by Gasteiger charge is 2.25. The van der Waals surface area contributed by atoms with E-state index < -0.39 is 0 Å². The monoisotopic (exact) mass is 328 g/mol. The fourth-order valence-corrected chi connectivity index (χ4v) is 3.35. The van der Waals surface area contributed by atoms with E-state index in [0.717, 1.165) is 13.0 Å². The number of fused-ring (bicyclic) bond motifs is 1. The number of hydrogen-bond acceptors (Lipinski definition) is 2. The zero-order chi connectivity index (χ0) is 16.4. The number of nitrogens with zero attached hydrogens (tertiary/aromatic N) is 2. The van der Waals surface area contributed by atoms with E-state index in [2.05, 4.69) is 36.2 Å². The van der Waals surface area contributed by atoms with Crippen LogP contribution in [0.25, 0.3) is 0 Å². The lowest BCUT2D eigenvalue weighted by molar-refractivity contribution is 0.0733. The van der Waals surface area contributed by atoms with Crippen molar-refractivity contribution in [3.63, 3.8) is 0 Å². The minimum Gasteiger partial charge on any atom is -0.340 e. The molecule has 23 heavy (non-hydrogen) atoms. The Morgan fingerprint density at radius 3 is 2.70 bits per heavy atom. The number of halogens is 1. The maximum absolute atomic E-state index is 12.6. The molecule has 4 heteroatoms.